The molecule has 4 aromatic rings. The molecule has 0 aliphatic rings. The van der Waals surface area contributed by atoms with E-state index < -0.39 is 17.9 Å². The molecule has 2 aromatic heterocycles. The lowest BCUT2D eigenvalue weighted by Gasteiger charge is -2.14. The third kappa shape index (κ3) is 6.62. The quantitative estimate of drug-likeness (QED) is 0.252. The van der Waals surface area contributed by atoms with Gasteiger partial charge >= 0.3 is 11.9 Å². The van der Waals surface area contributed by atoms with Crippen LogP contribution in [-0.4, -0.2) is 29.2 Å². The maximum absolute atomic E-state index is 14.0. The summed E-state index contributed by atoms with van der Waals surface area (Å²) >= 11 is 1.47. The molecule has 190 valence electrons. The topological polar surface area (TPSA) is 91.5 Å². The standard InChI is InChI=1S/C28H25FN2O5S/c1-17-23(15-27(33)35-18(2)22-6-4-5-7-24(22)29)28(36-31-17)20-9-11-21(12-10-20)37-25-13-8-19(16-30-25)14-26(32)34-3/h4-13,16,18H,14-15H2,1-3H3/t18-/m1/s1. The highest BCUT2D eigenvalue weighted by molar-refractivity contribution is 7.99. The van der Waals surface area contributed by atoms with Crippen LogP contribution < -0.4 is 0 Å². The normalized spacial score (nSPS) is 11.7. The number of hydrogen-bond acceptors (Lipinski definition) is 8. The van der Waals surface area contributed by atoms with Crippen LogP contribution in [0.15, 0.2) is 81.3 Å². The van der Waals surface area contributed by atoms with E-state index in [1.807, 2.05) is 36.4 Å². The number of ether oxygens (including phenoxy) is 2. The fraction of sp³-hybridized carbons (Fsp3) is 0.214. The van der Waals surface area contributed by atoms with E-state index in [1.54, 1.807) is 38.2 Å². The molecule has 0 saturated heterocycles. The first kappa shape index (κ1) is 26.1. The van der Waals surface area contributed by atoms with Crippen LogP contribution in [0.25, 0.3) is 11.3 Å². The van der Waals surface area contributed by atoms with Crippen molar-refractivity contribution >= 4 is 23.7 Å². The molecule has 0 N–H and O–H groups in total. The number of nitrogens with zero attached hydrogens (tertiary/aromatic N) is 2. The third-order valence-corrected chi connectivity index (χ3v) is 6.63. The summed E-state index contributed by atoms with van der Waals surface area (Å²) < 4.78 is 29.7. The van der Waals surface area contributed by atoms with Crippen LogP contribution in [0.3, 0.4) is 0 Å². The minimum Gasteiger partial charge on any atom is -0.469 e. The van der Waals surface area contributed by atoms with Crippen LogP contribution in [0.2, 0.25) is 0 Å². The predicted octanol–water partition coefficient (Wildman–Crippen LogP) is 5.90. The SMILES string of the molecule is COC(=O)Cc1ccc(Sc2ccc(-c3onc(C)c3CC(=O)O[C@H](C)c3ccccc3F)cc2)nc1. The van der Waals surface area contributed by atoms with E-state index in [1.165, 1.54) is 24.9 Å². The third-order valence-electron chi connectivity index (χ3n) is 5.67. The first-order valence-corrected chi connectivity index (χ1v) is 12.3. The molecule has 0 unspecified atom stereocenters. The number of aromatic nitrogens is 2. The van der Waals surface area contributed by atoms with Gasteiger partial charge in [-0.15, -0.1) is 0 Å². The molecule has 0 amide bonds. The van der Waals surface area contributed by atoms with Gasteiger partial charge in [-0.3, -0.25) is 9.59 Å². The molecule has 2 aromatic carbocycles. The van der Waals surface area contributed by atoms with E-state index in [9.17, 15) is 14.0 Å². The molecule has 0 bridgehead atoms. The van der Waals surface area contributed by atoms with Crippen molar-refractivity contribution in [1.29, 1.82) is 0 Å². The summed E-state index contributed by atoms with van der Waals surface area (Å²) in [6.45, 7) is 3.39. The Balaban J connectivity index is 1.42. The molecule has 0 fully saturated rings. The zero-order valence-electron chi connectivity index (χ0n) is 20.6. The number of carbonyl (C=O) groups is 2. The van der Waals surface area contributed by atoms with E-state index in [2.05, 4.69) is 14.9 Å². The lowest BCUT2D eigenvalue weighted by Crippen LogP contribution is -2.13. The van der Waals surface area contributed by atoms with Crippen molar-refractivity contribution in [1.82, 2.24) is 10.1 Å². The first-order chi connectivity index (χ1) is 17.8. The number of carbonyl (C=O) groups excluding carboxylic acids is 2. The first-order valence-electron chi connectivity index (χ1n) is 11.5. The largest absolute Gasteiger partial charge is 0.469 e. The molecule has 0 aliphatic carbocycles. The molecular formula is C28H25FN2O5S. The zero-order chi connectivity index (χ0) is 26.4. The highest BCUT2D eigenvalue weighted by Gasteiger charge is 2.21. The second-order valence-corrected chi connectivity index (χ2v) is 9.38. The second-order valence-electron chi connectivity index (χ2n) is 8.29. The monoisotopic (exact) mass is 520 g/mol. The average Bonchev–Trinajstić information content (AvgIpc) is 3.25. The molecule has 37 heavy (non-hydrogen) atoms. The van der Waals surface area contributed by atoms with Crippen molar-refractivity contribution in [3.8, 4) is 11.3 Å². The van der Waals surface area contributed by atoms with Gasteiger partial charge in [0.1, 0.15) is 16.9 Å². The van der Waals surface area contributed by atoms with Gasteiger partial charge in [-0.05, 0) is 55.8 Å². The summed E-state index contributed by atoms with van der Waals surface area (Å²) in [6, 6.07) is 17.5. The smallest absolute Gasteiger partial charge is 0.311 e. The van der Waals surface area contributed by atoms with E-state index in [0.29, 0.717) is 22.6 Å². The number of esters is 2. The molecule has 0 radical (unpaired) electrons. The number of benzene rings is 2. The molecule has 1 atom stereocenters. The van der Waals surface area contributed by atoms with Crippen molar-refractivity contribution in [3.63, 3.8) is 0 Å². The molecule has 2 heterocycles. The fourth-order valence-corrected chi connectivity index (χ4v) is 4.44. The van der Waals surface area contributed by atoms with Gasteiger partial charge in [-0.1, -0.05) is 41.2 Å². The van der Waals surface area contributed by atoms with E-state index in [4.69, 9.17) is 9.26 Å². The summed E-state index contributed by atoms with van der Waals surface area (Å²) in [7, 11) is 1.35. The average molecular weight is 521 g/mol. The van der Waals surface area contributed by atoms with Gasteiger partial charge in [0, 0.05) is 27.8 Å². The molecule has 7 nitrogen and oxygen atoms in total. The highest BCUT2D eigenvalue weighted by Crippen LogP contribution is 2.32. The highest BCUT2D eigenvalue weighted by atomic mass is 32.2. The van der Waals surface area contributed by atoms with Gasteiger partial charge in [0.15, 0.2) is 5.76 Å². The summed E-state index contributed by atoms with van der Waals surface area (Å²) in [6.07, 6.45) is 1.06. The maximum Gasteiger partial charge on any atom is 0.311 e. The number of pyridine rings is 1. The number of methoxy groups -OCH3 is 1. The minimum absolute atomic E-state index is 0.0538. The van der Waals surface area contributed by atoms with Crippen LogP contribution in [0.1, 0.15) is 35.4 Å². The van der Waals surface area contributed by atoms with Gasteiger partial charge in [-0.2, -0.15) is 0 Å². The van der Waals surface area contributed by atoms with Crippen LogP contribution in [0.5, 0.6) is 0 Å². The molecular weight excluding hydrogens is 495 g/mol. The van der Waals surface area contributed by atoms with E-state index >= 15 is 0 Å². The zero-order valence-corrected chi connectivity index (χ0v) is 21.4. The lowest BCUT2D eigenvalue weighted by molar-refractivity contribution is -0.148. The molecule has 0 spiro atoms. The minimum atomic E-state index is -0.725. The van der Waals surface area contributed by atoms with Crippen LogP contribution in [-0.2, 0) is 31.9 Å². The van der Waals surface area contributed by atoms with Gasteiger partial charge in [0.05, 0.1) is 25.6 Å². The van der Waals surface area contributed by atoms with Crippen molar-refractivity contribution in [2.45, 2.75) is 42.7 Å². The van der Waals surface area contributed by atoms with Gasteiger partial charge in [-0.25, -0.2) is 9.37 Å². The van der Waals surface area contributed by atoms with Crippen LogP contribution in [0, 0.1) is 12.7 Å². The summed E-state index contributed by atoms with van der Waals surface area (Å²) in [5.41, 5.74) is 3.06. The van der Waals surface area contributed by atoms with Crippen molar-refractivity contribution in [3.05, 3.63) is 95.1 Å². The Morgan fingerprint density at radius 2 is 1.78 bits per heavy atom. The predicted molar refractivity (Wildman–Crippen MR) is 135 cm³/mol. The number of hydrogen-bond donors (Lipinski definition) is 0. The Morgan fingerprint density at radius 3 is 2.46 bits per heavy atom. The maximum atomic E-state index is 14.0. The Labute approximate surface area is 218 Å². The van der Waals surface area contributed by atoms with Gasteiger partial charge < -0.3 is 14.0 Å². The summed E-state index contributed by atoms with van der Waals surface area (Å²) in [5, 5.41) is 4.81. The lowest BCUT2D eigenvalue weighted by atomic mass is 10.0. The van der Waals surface area contributed by atoms with Crippen LogP contribution in [0.4, 0.5) is 4.39 Å². The summed E-state index contributed by atoms with van der Waals surface area (Å²) in [5.74, 6) is -0.755. The Bertz CT molecular complexity index is 1390. The molecule has 0 saturated carbocycles. The van der Waals surface area contributed by atoms with E-state index in [0.717, 1.165) is 21.0 Å². The van der Waals surface area contributed by atoms with Crippen molar-refractivity contribution in [2.75, 3.05) is 7.11 Å². The number of aryl methyl sites for hydroxylation is 1. The molecule has 4 rings (SSSR count). The van der Waals surface area contributed by atoms with Crippen LogP contribution >= 0.6 is 11.8 Å². The number of halogens is 1. The van der Waals surface area contributed by atoms with Gasteiger partial charge in [0.25, 0.3) is 0 Å². The molecule has 9 heteroatoms. The second kappa shape index (κ2) is 11.8. The fourth-order valence-electron chi connectivity index (χ4n) is 3.68. The van der Waals surface area contributed by atoms with Crippen molar-refractivity contribution < 1.29 is 28.0 Å². The molecule has 0 aliphatic heterocycles. The van der Waals surface area contributed by atoms with E-state index in [-0.39, 0.29) is 18.8 Å². The van der Waals surface area contributed by atoms with Crippen molar-refractivity contribution in [2.24, 2.45) is 0 Å². The Morgan fingerprint density at radius 1 is 1.03 bits per heavy atom. The van der Waals surface area contributed by atoms with Gasteiger partial charge in [0.2, 0.25) is 0 Å². The Hall–Kier alpha value is -3.98. The Kier molecular flexibility index (Phi) is 8.35. The summed E-state index contributed by atoms with van der Waals surface area (Å²) in [4.78, 5) is 29.4. The number of rotatable bonds is 9.